The third-order valence-electron chi connectivity index (χ3n) is 1.68. The highest BCUT2D eigenvalue weighted by Crippen LogP contribution is 2.22. The number of hydrogen-bond donors (Lipinski definition) is 0. The monoisotopic (exact) mass is 192 g/mol. The Morgan fingerprint density at radius 2 is 1.64 bits per heavy atom. The van der Waals surface area contributed by atoms with Crippen LogP contribution in [0.3, 0.4) is 0 Å². The van der Waals surface area contributed by atoms with E-state index < -0.39 is 0 Å². The second-order valence-corrected chi connectivity index (χ2v) is 3.17. The van der Waals surface area contributed by atoms with Gasteiger partial charge in [0.15, 0.2) is 12.6 Å². The predicted molar refractivity (Wildman–Crippen MR) is 53.0 cm³/mol. The summed E-state index contributed by atoms with van der Waals surface area (Å²) < 4.78 is 5.40. The van der Waals surface area contributed by atoms with Gasteiger partial charge in [0.25, 0.3) is 0 Å². The van der Waals surface area contributed by atoms with Crippen molar-refractivity contribution in [2.24, 2.45) is 0 Å². The second-order valence-electron chi connectivity index (χ2n) is 3.17. The number of carbonyl (C=O) groups excluding carboxylic acids is 2. The summed E-state index contributed by atoms with van der Waals surface area (Å²) in [6.45, 7) is 3.69. The van der Waals surface area contributed by atoms with Crippen LogP contribution in [0, 0.1) is 0 Å². The van der Waals surface area contributed by atoms with Crippen LogP contribution in [0.25, 0.3) is 0 Å². The van der Waals surface area contributed by atoms with Crippen LogP contribution in [0.1, 0.15) is 34.6 Å². The smallest absolute Gasteiger partial charge is 0.153 e. The summed E-state index contributed by atoms with van der Waals surface area (Å²) in [4.78, 5) is 21.4. The molecule has 0 saturated heterocycles. The average molecular weight is 192 g/mol. The van der Waals surface area contributed by atoms with Gasteiger partial charge in [0.2, 0.25) is 0 Å². The molecule has 0 aliphatic carbocycles. The quantitative estimate of drug-likeness (QED) is 0.686. The molecule has 0 unspecified atom stereocenters. The van der Waals surface area contributed by atoms with Crippen molar-refractivity contribution in [2.75, 3.05) is 0 Å². The summed E-state index contributed by atoms with van der Waals surface area (Å²) in [5.74, 6) is 0.368. The van der Waals surface area contributed by atoms with Gasteiger partial charge in [0.1, 0.15) is 5.75 Å². The van der Waals surface area contributed by atoms with Crippen LogP contribution in [-0.2, 0) is 0 Å². The minimum atomic E-state index is -0.0604. The van der Waals surface area contributed by atoms with Crippen molar-refractivity contribution in [1.29, 1.82) is 0 Å². The van der Waals surface area contributed by atoms with Crippen LogP contribution in [0.15, 0.2) is 18.2 Å². The highest BCUT2D eigenvalue weighted by Gasteiger charge is 2.09. The number of carbonyl (C=O) groups is 2. The maximum absolute atomic E-state index is 10.7. The van der Waals surface area contributed by atoms with Gasteiger partial charge in [-0.05, 0) is 26.0 Å². The molecule has 3 nitrogen and oxygen atoms in total. The van der Waals surface area contributed by atoms with E-state index in [0.29, 0.717) is 29.4 Å². The minimum Gasteiger partial charge on any atom is -0.490 e. The first-order chi connectivity index (χ1) is 6.69. The zero-order valence-electron chi connectivity index (χ0n) is 8.19. The Morgan fingerprint density at radius 3 is 2.00 bits per heavy atom. The Balaban J connectivity index is 3.18. The van der Waals surface area contributed by atoms with E-state index in [1.54, 1.807) is 18.2 Å². The molecule has 0 amide bonds. The molecule has 0 radical (unpaired) electrons. The summed E-state index contributed by atoms with van der Waals surface area (Å²) >= 11 is 0. The van der Waals surface area contributed by atoms with Crippen LogP contribution in [0.4, 0.5) is 0 Å². The first-order valence-electron chi connectivity index (χ1n) is 4.39. The van der Waals surface area contributed by atoms with Crippen molar-refractivity contribution in [1.82, 2.24) is 0 Å². The molecule has 0 aliphatic rings. The van der Waals surface area contributed by atoms with Crippen molar-refractivity contribution in [3.05, 3.63) is 29.3 Å². The summed E-state index contributed by atoms with van der Waals surface area (Å²) in [5, 5.41) is 0. The number of para-hydroxylation sites is 1. The highest BCUT2D eigenvalue weighted by molar-refractivity contribution is 5.88. The van der Waals surface area contributed by atoms with Crippen LogP contribution in [0.5, 0.6) is 5.75 Å². The van der Waals surface area contributed by atoms with E-state index in [1.165, 1.54) is 0 Å². The molecule has 1 rings (SSSR count). The van der Waals surface area contributed by atoms with E-state index in [1.807, 2.05) is 13.8 Å². The van der Waals surface area contributed by atoms with Crippen molar-refractivity contribution >= 4 is 12.6 Å². The van der Waals surface area contributed by atoms with E-state index in [2.05, 4.69) is 0 Å². The first kappa shape index (κ1) is 10.4. The molecule has 0 fully saturated rings. The molecule has 1 aromatic rings. The van der Waals surface area contributed by atoms with E-state index in [-0.39, 0.29) is 6.10 Å². The van der Waals surface area contributed by atoms with Gasteiger partial charge in [-0.3, -0.25) is 9.59 Å². The van der Waals surface area contributed by atoms with Crippen molar-refractivity contribution in [2.45, 2.75) is 20.0 Å². The number of rotatable bonds is 4. The fourth-order valence-corrected chi connectivity index (χ4v) is 1.13. The molecule has 0 spiro atoms. The highest BCUT2D eigenvalue weighted by atomic mass is 16.5. The molecule has 0 aliphatic heterocycles. The Labute approximate surface area is 82.7 Å². The van der Waals surface area contributed by atoms with Crippen molar-refractivity contribution in [3.63, 3.8) is 0 Å². The second kappa shape index (κ2) is 4.56. The SMILES string of the molecule is CC(C)Oc1c(C=O)cccc1C=O. The average Bonchev–Trinajstić information content (AvgIpc) is 2.17. The third kappa shape index (κ3) is 2.19. The molecule has 0 saturated carbocycles. The third-order valence-corrected chi connectivity index (χ3v) is 1.68. The zero-order chi connectivity index (χ0) is 10.6. The van der Waals surface area contributed by atoms with Crippen molar-refractivity contribution in [3.8, 4) is 5.75 Å². The van der Waals surface area contributed by atoms with E-state index in [4.69, 9.17) is 4.74 Å². The Bertz CT molecular complexity index is 316. The lowest BCUT2D eigenvalue weighted by atomic mass is 10.1. The molecule has 0 N–H and O–H groups in total. The predicted octanol–water partition coefficient (Wildman–Crippen LogP) is 2.10. The number of aldehydes is 2. The molecule has 0 bridgehead atoms. The molecule has 14 heavy (non-hydrogen) atoms. The normalized spacial score (nSPS) is 9.93. The molecule has 74 valence electrons. The Morgan fingerprint density at radius 1 is 1.14 bits per heavy atom. The van der Waals surface area contributed by atoms with Gasteiger partial charge in [-0.15, -0.1) is 0 Å². The number of ether oxygens (including phenoxy) is 1. The van der Waals surface area contributed by atoms with E-state index >= 15 is 0 Å². The van der Waals surface area contributed by atoms with Gasteiger partial charge in [-0.25, -0.2) is 0 Å². The molecule has 0 heterocycles. The lowest BCUT2D eigenvalue weighted by Gasteiger charge is -2.13. The van der Waals surface area contributed by atoms with Crippen molar-refractivity contribution < 1.29 is 14.3 Å². The van der Waals surface area contributed by atoms with Gasteiger partial charge >= 0.3 is 0 Å². The molecule has 0 atom stereocenters. The van der Waals surface area contributed by atoms with Gasteiger partial charge in [0, 0.05) is 0 Å². The summed E-state index contributed by atoms with van der Waals surface area (Å²) in [6, 6.07) is 4.90. The minimum absolute atomic E-state index is 0.0604. The summed E-state index contributed by atoms with van der Waals surface area (Å²) in [5.41, 5.74) is 0.812. The van der Waals surface area contributed by atoms with E-state index in [0.717, 1.165) is 0 Å². The van der Waals surface area contributed by atoms with E-state index in [9.17, 15) is 9.59 Å². The Hall–Kier alpha value is -1.64. The zero-order valence-corrected chi connectivity index (χ0v) is 8.19. The fraction of sp³-hybridized carbons (Fsp3) is 0.273. The summed E-state index contributed by atoms with van der Waals surface area (Å²) in [7, 11) is 0. The maximum Gasteiger partial charge on any atom is 0.153 e. The Kier molecular flexibility index (Phi) is 3.40. The number of hydrogen-bond acceptors (Lipinski definition) is 3. The van der Waals surface area contributed by atoms with Crippen LogP contribution < -0.4 is 4.74 Å². The van der Waals surface area contributed by atoms with Crippen LogP contribution in [-0.4, -0.2) is 18.7 Å². The largest absolute Gasteiger partial charge is 0.490 e. The maximum atomic E-state index is 10.7. The van der Waals surface area contributed by atoms with Crippen LogP contribution >= 0.6 is 0 Å². The van der Waals surface area contributed by atoms with Gasteiger partial charge < -0.3 is 4.74 Å². The standard InChI is InChI=1S/C11H12O3/c1-8(2)14-11-9(6-12)4-3-5-10(11)7-13/h3-8H,1-2H3. The molecule has 3 heteroatoms. The van der Waals surface area contributed by atoms with Gasteiger partial charge in [-0.1, -0.05) is 6.07 Å². The first-order valence-corrected chi connectivity index (χ1v) is 4.39. The lowest BCUT2D eigenvalue weighted by molar-refractivity contribution is 0.111. The molecular formula is C11H12O3. The fourth-order valence-electron chi connectivity index (χ4n) is 1.13. The van der Waals surface area contributed by atoms with Gasteiger partial charge in [-0.2, -0.15) is 0 Å². The number of benzene rings is 1. The lowest BCUT2D eigenvalue weighted by Crippen LogP contribution is -2.09. The molecule has 0 aromatic heterocycles. The molecule has 1 aromatic carbocycles. The summed E-state index contributed by atoms with van der Waals surface area (Å²) in [6.07, 6.45) is 1.31. The topological polar surface area (TPSA) is 43.4 Å². The van der Waals surface area contributed by atoms with Crippen LogP contribution in [0.2, 0.25) is 0 Å². The van der Waals surface area contributed by atoms with Gasteiger partial charge in [0.05, 0.1) is 17.2 Å². The molecular weight excluding hydrogens is 180 g/mol.